The first-order chi connectivity index (χ1) is 42.7. The Kier molecular flexibility index (Phi) is 14.8. The van der Waals surface area contributed by atoms with E-state index in [1.165, 1.54) is 0 Å². The quantitative estimate of drug-likeness (QED) is 0.0956. The van der Waals surface area contributed by atoms with Gasteiger partial charge in [0, 0.05) is 68.2 Å². The van der Waals surface area contributed by atoms with Crippen molar-refractivity contribution < 1.29 is 0 Å². The second kappa shape index (κ2) is 24.2. The van der Waals surface area contributed by atoms with Gasteiger partial charge in [-0.05, 0) is 201 Å². The first-order valence-electron chi connectivity index (χ1n) is 29.3. The molecule has 0 aliphatic rings. The molecular weight excluding hydrogens is 1040 g/mol. The van der Waals surface area contributed by atoms with Gasteiger partial charge < -0.3 is 19.6 Å². The summed E-state index contributed by atoms with van der Waals surface area (Å²) >= 11 is 0. The normalized spacial score (nSPS) is 11.0. The van der Waals surface area contributed by atoms with Gasteiger partial charge in [-0.1, -0.05) is 218 Å². The molecule has 0 aliphatic carbocycles. The second-order valence-electron chi connectivity index (χ2n) is 21.3. The van der Waals surface area contributed by atoms with Crippen LogP contribution in [-0.4, -0.2) is 0 Å². The minimum Gasteiger partial charge on any atom is -0.311 e. The fourth-order valence-electron chi connectivity index (χ4n) is 12.1. The van der Waals surface area contributed by atoms with Gasteiger partial charge in [0.05, 0.1) is 0 Å². The molecule has 0 spiro atoms. The van der Waals surface area contributed by atoms with Gasteiger partial charge in [-0.2, -0.15) is 0 Å². The summed E-state index contributed by atoms with van der Waals surface area (Å²) in [6, 6.07) is 131. The number of hydrogen-bond acceptors (Lipinski definition) is 4. The molecule has 0 saturated carbocycles. The number of benzene rings is 14. The van der Waals surface area contributed by atoms with Crippen LogP contribution in [-0.2, 0) is 0 Å². The SMILES string of the molecule is c1ccc(N(c2ccccc2)c2ccc(-c3c(-c4ccc(N(c5ccccc5)c5ccccc5)cc4)c(-c4ccc(N(c5ccccc5)c5ccccc5)cc4)c4ccccc4c3-c3ccc(N(c4ccccc4)c4ccccc4)cc3)cc2)cc1. The molecule has 86 heavy (non-hydrogen) atoms. The summed E-state index contributed by atoms with van der Waals surface area (Å²) in [4.78, 5) is 9.33. The molecule has 14 aromatic rings. The Morgan fingerprint density at radius 2 is 0.256 bits per heavy atom. The molecule has 14 aromatic carbocycles. The van der Waals surface area contributed by atoms with Crippen LogP contribution in [0.5, 0.6) is 0 Å². The van der Waals surface area contributed by atoms with Gasteiger partial charge >= 0.3 is 0 Å². The third-order valence-corrected chi connectivity index (χ3v) is 16.0. The summed E-state index contributed by atoms with van der Waals surface area (Å²) in [5.41, 5.74) is 22.0. The molecule has 4 heteroatoms. The molecule has 0 radical (unpaired) electrons. The summed E-state index contributed by atoms with van der Waals surface area (Å²) in [7, 11) is 0. The highest BCUT2D eigenvalue weighted by molar-refractivity contribution is 6.18. The van der Waals surface area contributed by atoms with Crippen molar-refractivity contribution in [3.63, 3.8) is 0 Å². The van der Waals surface area contributed by atoms with Crippen LogP contribution in [0.25, 0.3) is 55.3 Å². The highest BCUT2D eigenvalue weighted by Crippen LogP contribution is 2.53. The zero-order chi connectivity index (χ0) is 57.4. The van der Waals surface area contributed by atoms with Crippen LogP contribution in [0.4, 0.5) is 68.2 Å². The second-order valence-corrected chi connectivity index (χ2v) is 21.3. The first-order valence-corrected chi connectivity index (χ1v) is 29.3. The zero-order valence-corrected chi connectivity index (χ0v) is 47.4. The Labute approximate surface area is 504 Å². The number of para-hydroxylation sites is 8. The zero-order valence-electron chi connectivity index (χ0n) is 47.4. The van der Waals surface area contributed by atoms with E-state index in [0.29, 0.717) is 0 Å². The molecular formula is C82H60N4. The molecule has 0 aromatic heterocycles. The van der Waals surface area contributed by atoms with Gasteiger partial charge in [-0.3, -0.25) is 0 Å². The average molecular weight is 1100 g/mol. The lowest BCUT2D eigenvalue weighted by Crippen LogP contribution is -2.10. The maximum Gasteiger partial charge on any atom is 0.0462 e. The molecule has 0 aliphatic heterocycles. The molecule has 0 N–H and O–H groups in total. The van der Waals surface area contributed by atoms with Crippen LogP contribution in [0, 0.1) is 0 Å². The monoisotopic (exact) mass is 1100 g/mol. The highest BCUT2D eigenvalue weighted by Gasteiger charge is 2.26. The van der Waals surface area contributed by atoms with Crippen molar-refractivity contribution in [3.8, 4) is 44.5 Å². The fourth-order valence-corrected chi connectivity index (χ4v) is 12.1. The molecule has 0 unspecified atom stereocenters. The van der Waals surface area contributed by atoms with E-state index in [1.807, 2.05) is 0 Å². The van der Waals surface area contributed by atoms with Crippen molar-refractivity contribution in [2.24, 2.45) is 0 Å². The Morgan fingerprint density at radius 1 is 0.116 bits per heavy atom. The predicted molar refractivity (Wildman–Crippen MR) is 364 cm³/mol. The van der Waals surface area contributed by atoms with Crippen molar-refractivity contribution >= 4 is 79.0 Å². The van der Waals surface area contributed by atoms with Gasteiger partial charge in [0.1, 0.15) is 0 Å². The van der Waals surface area contributed by atoms with E-state index in [4.69, 9.17) is 0 Å². The van der Waals surface area contributed by atoms with Crippen LogP contribution in [0.2, 0.25) is 0 Å². The van der Waals surface area contributed by atoms with Crippen LogP contribution >= 0.6 is 0 Å². The summed E-state index contributed by atoms with van der Waals surface area (Å²) in [5, 5.41) is 2.32. The van der Waals surface area contributed by atoms with E-state index >= 15 is 0 Å². The average Bonchev–Trinajstić information content (AvgIpc) is 1.45. The van der Waals surface area contributed by atoms with Crippen LogP contribution in [0.3, 0.4) is 0 Å². The molecule has 408 valence electrons. The summed E-state index contributed by atoms with van der Waals surface area (Å²) in [6.07, 6.45) is 0. The third-order valence-electron chi connectivity index (χ3n) is 16.0. The lowest BCUT2D eigenvalue weighted by atomic mass is 9.79. The first kappa shape index (κ1) is 52.6. The lowest BCUT2D eigenvalue weighted by molar-refractivity contribution is 1.28. The predicted octanol–water partition coefficient (Wildman–Crippen LogP) is 23.4. The van der Waals surface area contributed by atoms with Crippen LogP contribution in [0.1, 0.15) is 0 Å². The number of rotatable bonds is 16. The van der Waals surface area contributed by atoms with Crippen molar-refractivity contribution in [1.29, 1.82) is 0 Å². The molecule has 0 bridgehead atoms. The molecule has 0 atom stereocenters. The van der Waals surface area contributed by atoms with E-state index in [0.717, 1.165) is 124 Å². The summed E-state index contributed by atoms with van der Waals surface area (Å²) in [5.74, 6) is 0. The molecule has 14 rings (SSSR count). The summed E-state index contributed by atoms with van der Waals surface area (Å²) in [6.45, 7) is 0. The lowest BCUT2D eigenvalue weighted by Gasteiger charge is -2.28. The Hall–Kier alpha value is -11.5. The van der Waals surface area contributed by atoms with Crippen molar-refractivity contribution in [2.45, 2.75) is 0 Å². The smallest absolute Gasteiger partial charge is 0.0462 e. The van der Waals surface area contributed by atoms with Crippen molar-refractivity contribution in [2.75, 3.05) is 19.6 Å². The van der Waals surface area contributed by atoms with Crippen LogP contribution < -0.4 is 19.6 Å². The van der Waals surface area contributed by atoms with Crippen LogP contribution in [0.15, 0.2) is 364 Å². The number of hydrogen-bond donors (Lipinski definition) is 0. The van der Waals surface area contributed by atoms with E-state index in [2.05, 4.69) is 384 Å². The molecule has 0 heterocycles. The van der Waals surface area contributed by atoms with E-state index in [1.54, 1.807) is 0 Å². The third kappa shape index (κ3) is 10.6. The van der Waals surface area contributed by atoms with Crippen molar-refractivity contribution in [1.82, 2.24) is 0 Å². The Bertz CT molecular complexity index is 4040. The van der Waals surface area contributed by atoms with Gasteiger partial charge in [0.2, 0.25) is 0 Å². The number of nitrogens with zero attached hydrogens (tertiary/aromatic N) is 4. The largest absolute Gasteiger partial charge is 0.311 e. The number of anilines is 12. The van der Waals surface area contributed by atoms with Gasteiger partial charge in [0.25, 0.3) is 0 Å². The van der Waals surface area contributed by atoms with E-state index < -0.39 is 0 Å². The van der Waals surface area contributed by atoms with Crippen molar-refractivity contribution in [3.05, 3.63) is 364 Å². The molecule has 4 nitrogen and oxygen atoms in total. The minimum atomic E-state index is 1.06. The minimum absolute atomic E-state index is 1.06. The maximum atomic E-state index is 2.33. The van der Waals surface area contributed by atoms with Gasteiger partial charge in [-0.15, -0.1) is 0 Å². The molecule has 0 saturated heterocycles. The molecule has 0 fully saturated rings. The van der Waals surface area contributed by atoms with Gasteiger partial charge in [-0.25, -0.2) is 0 Å². The topological polar surface area (TPSA) is 13.0 Å². The van der Waals surface area contributed by atoms with E-state index in [-0.39, 0.29) is 0 Å². The number of fused-ring (bicyclic) bond motifs is 1. The maximum absolute atomic E-state index is 2.33. The van der Waals surface area contributed by atoms with Gasteiger partial charge in [0.15, 0.2) is 0 Å². The highest BCUT2D eigenvalue weighted by atomic mass is 15.2. The Balaban J connectivity index is 1.03. The standard InChI is InChI=1S/C82H60N4/c1-9-27-65(28-10-1)83(66-29-11-2-12-30-66)73-53-45-61(46-54-73)79-77-43-25-26-44-78(77)80(62-47-55-74(56-48-62)84(67-31-13-3-14-32-67)68-33-15-4-16-34-68)82(64-51-59-76(60-52-64)86(71-39-21-7-22-40-71)72-41-23-8-24-42-72)81(79)63-49-57-75(58-50-63)85(69-35-17-5-18-36-69)70-37-19-6-20-38-70/h1-60H. The summed E-state index contributed by atoms with van der Waals surface area (Å²) < 4.78 is 0. The Morgan fingerprint density at radius 3 is 0.430 bits per heavy atom. The fraction of sp³-hybridized carbons (Fsp3) is 0. The molecule has 0 amide bonds. The van der Waals surface area contributed by atoms with E-state index in [9.17, 15) is 0 Å².